The van der Waals surface area contributed by atoms with E-state index in [4.69, 9.17) is 4.74 Å². The van der Waals surface area contributed by atoms with Gasteiger partial charge in [0.1, 0.15) is 0 Å². The molecule has 0 bridgehead atoms. The Kier molecular flexibility index (Phi) is 15.1. The zero-order valence-electron chi connectivity index (χ0n) is 17.1. The minimum atomic E-state index is -0.0423. The first kappa shape index (κ1) is 25.4. The number of halogens is 1. The van der Waals surface area contributed by atoms with E-state index in [1.165, 1.54) is 38.6 Å². The first-order chi connectivity index (χ1) is 12.1. The van der Waals surface area contributed by atoms with E-state index in [2.05, 4.69) is 34.2 Å². The topological polar surface area (TPSA) is 57.2 Å². The molecular weight excluding hydrogens is 443 g/mol. The Balaban J connectivity index is 0.00000625. The molecule has 0 aliphatic carbocycles. The highest BCUT2D eigenvalue weighted by molar-refractivity contribution is 14.0. The zero-order valence-corrected chi connectivity index (χ0v) is 19.5. The van der Waals surface area contributed by atoms with Crippen LogP contribution in [0.4, 0.5) is 0 Å². The Morgan fingerprint density at radius 3 is 2.35 bits per heavy atom. The number of unbranched alkanes of at least 4 members (excludes halogenated alkanes) is 4. The Morgan fingerprint density at radius 1 is 1.15 bits per heavy atom. The van der Waals surface area contributed by atoms with Crippen LogP contribution >= 0.6 is 24.0 Å². The van der Waals surface area contributed by atoms with E-state index in [0.717, 1.165) is 38.4 Å². The van der Waals surface area contributed by atoms with Crippen molar-refractivity contribution in [3.63, 3.8) is 0 Å². The van der Waals surface area contributed by atoms with Crippen molar-refractivity contribution in [1.29, 1.82) is 0 Å². The number of guanidine groups is 1. The van der Waals surface area contributed by atoms with Gasteiger partial charge in [0.2, 0.25) is 0 Å². The molecule has 0 amide bonds. The molecule has 26 heavy (non-hydrogen) atoms. The van der Waals surface area contributed by atoms with Crippen molar-refractivity contribution in [2.75, 3.05) is 53.9 Å². The van der Waals surface area contributed by atoms with Gasteiger partial charge in [-0.2, -0.15) is 0 Å². The standard InChI is InChI=1S/C19H38N4O2.HI/c1-5-25-18(24)17-11-15-23(16-12-17)19(20-2)21-13-9-7-6-8-10-14-22(3)4;/h17H,5-16H2,1-4H3,(H,20,21);1H. The van der Waals surface area contributed by atoms with Crippen LogP contribution in [-0.4, -0.2) is 75.7 Å². The highest BCUT2D eigenvalue weighted by Gasteiger charge is 2.27. The molecule has 0 aromatic heterocycles. The fourth-order valence-corrected chi connectivity index (χ4v) is 3.20. The summed E-state index contributed by atoms with van der Waals surface area (Å²) in [6.45, 7) is 6.23. The largest absolute Gasteiger partial charge is 0.466 e. The third-order valence-electron chi connectivity index (χ3n) is 4.69. The SMILES string of the molecule is CCOC(=O)C1CCN(C(=NC)NCCCCCCCN(C)C)CC1.I. The molecule has 1 heterocycles. The number of piperidine rings is 1. The van der Waals surface area contributed by atoms with Crippen LogP contribution in [0.5, 0.6) is 0 Å². The maximum Gasteiger partial charge on any atom is 0.309 e. The summed E-state index contributed by atoms with van der Waals surface area (Å²) in [5, 5.41) is 3.47. The van der Waals surface area contributed by atoms with Gasteiger partial charge in [-0.3, -0.25) is 9.79 Å². The molecule has 0 unspecified atom stereocenters. The monoisotopic (exact) mass is 482 g/mol. The van der Waals surface area contributed by atoms with Gasteiger partial charge in [-0.15, -0.1) is 24.0 Å². The first-order valence-electron chi connectivity index (χ1n) is 9.85. The Bertz CT molecular complexity index is 397. The number of esters is 1. The predicted molar refractivity (Wildman–Crippen MR) is 119 cm³/mol. The van der Waals surface area contributed by atoms with E-state index < -0.39 is 0 Å². The molecule has 0 spiro atoms. The number of likely N-dealkylation sites (tertiary alicyclic amines) is 1. The van der Waals surface area contributed by atoms with Crippen LogP contribution in [0.2, 0.25) is 0 Å². The normalized spacial score (nSPS) is 15.7. The molecule has 0 saturated carbocycles. The minimum Gasteiger partial charge on any atom is -0.466 e. The molecule has 1 saturated heterocycles. The van der Waals surface area contributed by atoms with Crippen molar-refractivity contribution in [2.24, 2.45) is 10.9 Å². The van der Waals surface area contributed by atoms with Gasteiger partial charge < -0.3 is 19.9 Å². The summed E-state index contributed by atoms with van der Waals surface area (Å²) in [5.74, 6) is 0.978. The highest BCUT2D eigenvalue weighted by atomic mass is 127. The molecule has 1 rings (SSSR count). The third-order valence-corrected chi connectivity index (χ3v) is 4.69. The molecule has 6 nitrogen and oxygen atoms in total. The van der Waals surface area contributed by atoms with Gasteiger partial charge in [0, 0.05) is 26.7 Å². The Labute approximate surface area is 177 Å². The highest BCUT2D eigenvalue weighted by Crippen LogP contribution is 2.18. The van der Waals surface area contributed by atoms with Gasteiger partial charge >= 0.3 is 5.97 Å². The Morgan fingerprint density at radius 2 is 1.77 bits per heavy atom. The number of ether oxygens (including phenoxy) is 1. The number of rotatable bonds is 10. The summed E-state index contributed by atoms with van der Waals surface area (Å²) in [6.07, 6.45) is 8.06. The third kappa shape index (κ3) is 10.5. The second-order valence-corrected chi connectivity index (χ2v) is 7.06. The van der Waals surface area contributed by atoms with Crippen LogP contribution in [-0.2, 0) is 9.53 Å². The molecule has 1 aliphatic rings. The van der Waals surface area contributed by atoms with Crippen molar-refractivity contribution in [1.82, 2.24) is 15.1 Å². The lowest BCUT2D eigenvalue weighted by atomic mass is 9.97. The first-order valence-corrected chi connectivity index (χ1v) is 9.85. The lowest BCUT2D eigenvalue weighted by molar-refractivity contribution is -0.149. The zero-order chi connectivity index (χ0) is 18.5. The van der Waals surface area contributed by atoms with E-state index in [-0.39, 0.29) is 35.9 Å². The summed E-state index contributed by atoms with van der Waals surface area (Å²) >= 11 is 0. The molecular formula is C19H39IN4O2. The fraction of sp³-hybridized carbons (Fsp3) is 0.895. The summed E-state index contributed by atoms with van der Waals surface area (Å²) < 4.78 is 5.13. The van der Waals surface area contributed by atoms with Crippen molar-refractivity contribution in [2.45, 2.75) is 51.9 Å². The van der Waals surface area contributed by atoms with Gasteiger partial charge in [0.25, 0.3) is 0 Å². The maximum absolute atomic E-state index is 11.8. The molecule has 1 fully saturated rings. The van der Waals surface area contributed by atoms with Crippen LogP contribution < -0.4 is 5.32 Å². The quantitative estimate of drug-likeness (QED) is 0.171. The van der Waals surface area contributed by atoms with Crippen LogP contribution in [0.3, 0.4) is 0 Å². The number of aliphatic imine (C=N–C) groups is 1. The number of carbonyl (C=O) groups excluding carboxylic acids is 1. The van der Waals surface area contributed by atoms with Crippen LogP contribution in [0.1, 0.15) is 51.9 Å². The number of nitrogens with one attached hydrogen (secondary N) is 1. The van der Waals surface area contributed by atoms with Crippen molar-refractivity contribution < 1.29 is 9.53 Å². The summed E-state index contributed by atoms with van der Waals surface area (Å²) in [7, 11) is 6.09. The molecule has 1 aliphatic heterocycles. The number of hydrogen-bond donors (Lipinski definition) is 1. The molecule has 1 N–H and O–H groups in total. The molecule has 0 atom stereocenters. The molecule has 7 heteroatoms. The van der Waals surface area contributed by atoms with Gasteiger partial charge in [-0.05, 0) is 53.2 Å². The van der Waals surface area contributed by atoms with Gasteiger partial charge in [0.05, 0.1) is 12.5 Å². The van der Waals surface area contributed by atoms with Crippen LogP contribution in [0, 0.1) is 5.92 Å². The second kappa shape index (κ2) is 15.5. The van der Waals surface area contributed by atoms with E-state index >= 15 is 0 Å². The van der Waals surface area contributed by atoms with E-state index in [0.29, 0.717) is 6.61 Å². The summed E-state index contributed by atoms with van der Waals surface area (Å²) in [6, 6.07) is 0. The smallest absolute Gasteiger partial charge is 0.309 e. The van der Waals surface area contributed by atoms with Gasteiger partial charge in [-0.1, -0.05) is 19.3 Å². The molecule has 0 aromatic rings. The number of hydrogen-bond acceptors (Lipinski definition) is 4. The molecule has 154 valence electrons. The predicted octanol–water partition coefficient (Wildman–Crippen LogP) is 2.97. The fourth-order valence-electron chi connectivity index (χ4n) is 3.20. The summed E-state index contributed by atoms with van der Waals surface area (Å²) in [4.78, 5) is 20.7. The molecule has 0 radical (unpaired) electrons. The second-order valence-electron chi connectivity index (χ2n) is 7.06. The van der Waals surface area contributed by atoms with Crippen molar-refractivity contribution in [3.05, 3.63) is 0 Å². The number of nitrogens with zero attached hydrogens (tertiary/aromatic N) is 3. The molecule has 0 aromatic carbocycles. The van der Waals surface area contributed by atoms with E-state index in [1.54, 1.807) is 0 Å². The maximum atomic E-state index is 11.8. The lowest BCUT2D eigenvalue weighted by Gasteiger charge is -2.33. The van der Waals surface area contributed by atoms with E-state index in [1.807, 2.05) is 14.0 Å². The van der Waals surface area contributed by atoms with Gasteiger partial charge in [0.15, 0.2) is 5.96 Å². The van der Waals surface area contributed by atoms with Crippen LogP contribution in [0.15, 0.2) is 4.99 Å². The van der Waals surface area contributed by atoms with E-state index in [9.17, 15) is 4.79 Å². The van der Waals surface area contributed by atoms with Crippen LogP contribution in [0.25, 0.3) is 0 Å². The number of carbonyl (C=O) groups is 1. The summed E-state index contributed by atoms with van der Waals surface area (Å²) in [5.41, 5.74) is 0. The van der Waals surface area contributed by atoms with Gasteiger partial charge in [-0.25, -0.2) is 0 Å². The average molecular weight is 482 g/mol. The van der Waals surface area contributed by atoms with Crippen molar-refractivity contribution in [3.8, 4) is 0 Å². The lowest BCUT2D eigenvalue weighted by Crippen LogP contribution is -2.46. The average Bonchev–Trinajstić information content (AvgIpc) is 2.60. The Hall–Kier alpha value is -0.570. The van der Waals surface area contributed by atoms with Crippen molar-refractivity contribution >= 4 is 35.9 Å². The minimum absolute atomic E-state index is 0.